The number of piperidine rings is 1. The number of likely N-dealkylation sites (tertiary alicyclic amines) is 1. The molecule has 4 heteroatoms. The Kier molecular flexibility index (Phi) is 5.21. The van der Waals surface area contributed by atoms with Crippen molar-refractivity contribution in [3.63, 3.8) is 0 Å². The molecule has 126 valence electrons. The summed E-state index contributed by atoms with van der Waals surface area (Å²) in [6.45, 7) is 5.09. The molecular formula is C19H28N2O2. The summed E-state index contributed by atoms with van der Waals surface area (Å²) >= 11 is 0. The summed E-state index contributed by atoms with van der Waals surface area (Å²) in [7, 11) is 1.69. The summed E-state index contributed by atoms with van der Waals surface area (Å²) in [6, 6.07) is 8.54. The van der Waals surface area contributed by atoms with Crippen molar-refractivity contribution in [1.82, 2.24) is 10.2 Å². The van der Waals surface area contributed by atoms with Crippen molar-refractivity contribution in [2.45, 2.75) is 38.6 Å². The highest BCUT2D eigenvalue weighted by Crippen LogP contribution is 2.37. The number of ether oxygens (including phenoxy) is 1. The van der Waals surface area contributed by atoms with E-state index in [0.29, 0.717) is 12.5 Å². The lowest BCUT2D eigenvalue weighted by molar-refractivity contribution is -0.122. The lowest BCUT2D eigenvalue weighted by Crippen LogP contribution is -2.41. The van der Waals surface area contributed by atoms with Crippen molar-refractivity contribution in [1.29, 1.82) is 0 Å². The van der Waals surface area contributed by atoms with Crippen molar-refractivity contribution in [3.05, 3.63) is 29.8 Å². The van der Waals surface area contributed by atoms with Gasteiger partial charge >= 0.3 is 0 Å². The minimum atomic E-state index is 0.230. The van der Waals surface area contributed by atoms with Crippen LogP contribution in [0.1, 0.15) is 44.2 Å². The van der Waals surface area contributed by atoms with Crippen LogP contribution in [0, 0.1) is 11.8 Å². The Morgan fingerprint density at radius 2 is 1.91 bits per heavy atom. The third kappa shape index (κ3) is 4.05. The van der Waals surface area contributed by atoms with Gasteiger partial charge in [-0.3, -0.25) is 9.69 Å². The van der Waals surface area contributed by atoms with Crippen molar-refractivity contribution in [2.75, 3.05) is 26.7 Å². The number of rotatable bonds is 6. The Morgan fingerprint density at radius 3 is 2.48 bits per heavy atom. The first kappa shape index (κ1) is 16.3. The third-order valence-corrected chi connectivity index (χ3v) is 5.25. The number of methoxy groups -OCH3 is 1. The molecule has 0 radical (unpaired) electrons. The second-order valence-corrected chi connectivity index (χ2v) is 6.95. The molecule has 0 aromatic heterocycles. The SMILES string of the molecule is COc1ccc(C(CNC(=O)C2CC2C)N2CCCCC2)cc1. The summed E-state index contributed by atoms with van der Waals surface area (Å²) in [6.07, 6.45) is 4.86. The zero-order valence-electron chi connectivity index (χ0n) is 14.3. The molecule has 3 atom stereocenters. The maximum absolute atomic E-state index is 12.2. The minimum Gasteiger partial charge on any atom is -0.497 e. The summed E-state index contributed by atoms with van der Waals surface area (Å²) in [4.78, 5) is 14.7. The van der Waals surface area contributed by atoms with Gasteiger partial charge in [-0.05, 0) is 56.0 Å². The average Bonchev–Trinajstić information content (AvgIpc) is 3.33. The van der Waals surface area contributed by atoms with Gasteiger partial charge in [-0.1, -0.05) is 25.5 Å². The van der Waals surface area contributed by atoms with E-state index in [0.717, 1.165) is 25.3 Å². The first-order valence-electron chi connectivity index (χ1n) is 8.84. The van der Waals surface area contributed by atoms with E-state index in [1.807, 2.05) is 12.1 Å². The van der Waals surface area contributed by atoms with Crippen LogP contribution < -0.4 is 10.1 Å². The van der Waals surface area contributed by atoms with Crippen LogP contribution in [0.5, 0.6) is 5.75 Å². The molecule has 1 aromatic carbocycles. The first-order valence-corrected chi connectivity index (χ1v) is 8.84. The van der Waals surface area contributed by atoms with Gasteiger partial charge < -0.3 is 10.1 Å². The van der Waals surface area contributed by atoms with E-state index in [-0.39, 0.29) is 17.9 Å². The smallest absolute Gasteiger partial charge is 0.223 e. The fourth-order valence-corrected chi connectivity index (χ4v) is 3.53. The van der Waals surface area contributed by atoms with Crippen LogP contribution in [0.4, 0.5) is 0 Å². The molecule has 2 aliphatic rings. The Labute approximate surface area is 139 Å². The standard InChI is InChI=1S/C19H28N2O2/c1-14-12-17(14)19(22)20-13-18(21-10-4-3-5-11-21)15-6-8-16(23-2)9-7-15/h6-9,14,17-18H,3-5,10-13H2,1-2H3,(H,20,22). The Hall–Kier alpha value is -1.55. The molecule has 1 saturated heterocycles. The molecule has 1 aliphatic heterocycles. The van der Waals surface area contributed by atoms with E-state index in [1.165, 1.54) is 24.8 Å². The highest BCUT2D eigenvalue weighted by Gasteiger charge is 2.39. The molecule has 1 aliphatic carbocycles. The Balaban J connectivity index is 1.68. The third-order valence-electron chi connectivity index (χ3n) is 5.25. The molecule has 1 N–H and O–H groups in total. The van der Waals surface area contributed by atoms with Gasteiger partial charge in [0.1, 0.15) is 5.75 Å². The Morgan fingerprint density at radius 1 is 1.26 bits per heavy atom. The van der Waals surface area contributed by atoms with Crippen LogP contribution in [-0.4, -0.2) is 37.6 Å². The molecule has 4 nitrogen and oxygen atoms in total. The van der Waals surface area contributed by atoms with E-state index in [2.05, 4.69) is 29.3 Å². The lowest BCUT2D eigenvalue weighted by atomic mass is 10.0. The van der Waals surface area contributed by atoms with Crippen LogP contribution in [0.2, 0.25) is 0 Å². The van der Waals surface area contributed by atoms with Crippen molar-refractivity contribution in [3.8, 4) is 5.75 Å². The summed E-state index contributed by atoms with van der Waals surface area (Å²) in [5.74, 6) is 1.91. The number of carbonyl (C=O) groups is 1. The summed E-state index contributed by atoms with van der Waals surface area (Å²) in [5, 5.41) is 3.19. The largest absolute Gasteiger partial charge is 0.497 e. The van der Waals surface area contributed by atoms with Crippen LogP contribution >= 0.6 is 0 Å². The molecule has 3 unspecified atom stereocenters. The highest BCUT2D eigenvalue weighted by molar-refractivity contribution is 5.81. The summed E-state index contributed by atoms with van der Waals surface area (Å²) < 4.78 is 5.26. The van der Waals surface area contributed by atoms with Gasteiger partial charge in [0.05, 0.1) is 13.2 Å². The van der Waals surface area contributed by atoms with Crippen molar-refractivity contribution in [2.24, 2.45) is 11.8 Å². The van der Waals surface area contributed by atoms with E-state index in [1.54, 1.807) is 7.11 Å². The summed E-state index contributed by atoms with van der Waals surface area (Å²) in [5.41, 5.74) is 1.26. The normalized spacial score (nSPS) is 25.7. The van der Waals surface area contributed by atoms with Crippen molar-refractivity contribution >= 4 is 5.91 Å². The molecule has 1 aromatic rings. The molecule has 23 heavy (non-hydrogen) atoms. The van der Waals surface area contributed by atoms with Crippen LogP contribution in [-0.2, 0) is 4.79 Å². The first-order chi connectivity index (χ1) is 11.2. The second kappa shape index (κ2) is 7.35. The number of hydrogen-bond donors (Lipinski definition) is 1. The highest BCUT2D eigenvalue weighted by atomic mass is 16.5. The van der Waals surface area contributed by atoms with E-state index < -0.39 is 0 Å². The van der Waals surface area contributed by atoms with Gasteiger partial charge in [0.15, 0.2) is 0 Å². The van der Waals surface area contributed by atoms with Gasteiger partial charge in [-0.25, -0.2) is 0 Å². The minimum absolute atomic E-state index is 0.230. The molecule has 1 heterocycles. The van der Waals surface area contributed by atoms with Gasteiger partial charge in [0.2, 0.25) is 5.91 Å². The van der Waals surface area contributed by atoms with Crippen LogP contribution in [0.15, 0.2) is 24.3 Å². The second-order valence-electron chi connectivity index (χ2n) is 6.95. The van der Waals surface area contributed by atoms with Gasteiger partial charge in [0.25, 0.3) is 0 Å². The monoisotopic (exact) mass is 316 g/mol. The maximum atomic E-state index is 12.2. The zero-order valence-corrected chi connectivity index (χ0v) is 14.3. The number of nitrogens with zero attached hydrogens (tertiary/aromatic N) is 1. The quantitative estimate of drug-likeness (QED) is 0.877. The fraction of sp³-hybridized carbons (Fsp3) is 0.632. The topological polar surface area (TPSA) is 41.6 Å². The zero-order chi connectivity index (χ0) is 16.2. The molecule has 0 spiro atoms. The molecule has 1 saturated carbocycles. The Bertz CT molecular complexity index is 523. The molecular weight excluding hydrogens is 288 g/mol. The van der Waals surface area contributed by atoms with Gasteiger partial charge in [-0.15, -0.1) is 0 Å². The van der Waals surface area contributed by atoms with Crippen LogP contribution in [0.25, 0.3) is 0 Å². The predicted octanol–water partition coefficient (Wildman–Crippen LogP) is 2.99. The lowest BCUT2D eigenvalue weighted by Gasteiger charge is -2.35. The number of benzene rings is 1. The van der Waals surface area contributed by atoms with Gasteiger partial charge in [0, 0.05) is 12.5 Å². The van der Waals surface area contributed by atoms with E-state index in [4.69, 9.17) is 4.74 Å². The number of nitrogens with one attached hydrogen (secondary N) is 1. The molecule has 2 fully saturated rings. The number of amides is 1. The molecule has 0 bridgehead atoms. The predicted molar refractivity (Wildman–Crippen MR) is 91.4 cm³/mol. The number of hydrogen-bond acceptors (Lipinski definition) is 3. The maximum Gasteiger partial charge on any atom is 0.223 e. The average molecular weight is 316 g/mol. The van der Waals surface area contributed by atoms with E-state index in [9.17, 15) is 4.79 Å². The van der Waals surface area contributed by atoms with Crippen molar-refractivity contribution < 1.29 is 9.53 Å². The molecule has 3 rings (SSSR count). The fourth-order valence-electron chi connectivity index (χ4n) is 3.53. The number of carbonyl (C=O) groups excluding carboxylic acids is 1. The van der Waals surface area contributed by atoms with E-state index >= 15 is 0 Å². The van der Waals surface area contributed by atoms with Gasteiger partial charge in [-0.2, -0.15) is 0 Å². The van der Waals surface area contributed by atoms with Crippen LogP contribution in [0.3, 0.4) is 0 Å². The molecule has 1 amide bonds.